The Morgan fingerprint density at radius 3 is 2.38 bits per heavy atom. The SMILES string of the molecule is CC(C)CC(CO)(CO)Cc1ncnn1C. The molecule has 0 aliphatic heterocycles. The van der Waals surface area contributed by atoms with E-state index in [1.165, 1.54) is 6.33 Å². The highest BCUT2D eigenvalue weighted by Gasteiger charge is 2.31. The third kappa shape index (κ3) is 3.02. The molecule has 0 spiro atoms. The standard InChI is InChI=1S/C11H21N3O2/c1-9(2)4-11(6-15,7-16)5-10-12-8-13-14(10)3/h8-9,15-16H,4-7H2,1-3H3. The summed E-state index contributed by atoms with van der Waals surface area (Å²) in [4.78, 5) is 4.13. The van der Waals surface area contributed by atoms with E-state index in [-0.39, 0.29) is 13.2 Å². The van der Waals surface area contributed by atoms with Gasteiger partial charge >= 0.3 is 0 Å². The van der Waals surface area contributed by atoms with Crippen LogP contribution in [-0.2, 0) is 13.5 Å². The molecule has 0 aromatic carbocycles. The van der Waals surface area contributed by atoms with Gasteiger partial charge in [0.15, 0.2) is 0 Å². The van der Waals surface area contributed by atoms with Gasteiger partial charge in [0.25, 0.3) is 0 Å². The summed E-state index contributed by atoms with van der Waals surface area (Å²) in [6, 6.07) is 0. The minimum atomic E-state index is -0.491. The number of aliphatic hydroxyl groups excluding tert-OH is 2. The molecule has 0 amide bonds. The van der Waals surface area contributed by atoms with Crippen LogP contribution in [0, 0.1) is 11.3 Å². The molecule has 2 N–H and O–H groups in total. The van der Waals surface area contributed by atoms with E-state index in [4.69, 9.17) is 0 Å². The maximum atomic E-state index is 9.50. The van der Waals surface area contributed by atoms with Gasteiger partial charge in [0.2, 0.25) is 0 Å². The number of hydrogen-bond acceptors (Lipinski definition) is 4. The van der Waals surface area contributed by atoms with Crippen LogP contribution in [0.4, 0.5) is 0 Å². The van der Waals surface area contributed by atoms with Crippen LogP contribution in [0.3, 0.4) is 0 Å². The summed E-state index contributed by atoms with van der Waals surface area (Å²) in [5.41, 5.74) is -0.491. The van der Waals surface area contributed by atoms with Crippen LogP contribution in [0.15, 0.2) is 6.33 Å². The van der Waals surface area contributed by atoms with Gasteiger partial charge in [0.05, 0.1) is 13.2 Å². The van der Waals surface area contributed by atoms with E-state index in [1.54, 1.807) is 4.68 Å². The first-order chi connectivity index (χ1) is 7.53. The van der Waals surface area contributed by atoms with Crippen molar-refractivity contribution in [3.8, 4) is 0 Å². The fourth-order valence-corrected chi connectivity index (χ4v) is 2.04. The van der Waals surface area contributed by atoms with Crippen LogP contribution in [0.25, 0.3) is 0 Å². The fourth-order valence-electron chi connectivity index (χ4n) is 2.04. The molecule has 1 rings (SSSR count). The van der Waals surface area contributed by atoms with E-state index >= 15 is 0 Å². The monoisotopic (exact) mass is 227 g/mol. The number of nitrogens with zero attached hydrogens (tertiary/aromatic N) is 3. The van der Waals surface area contributed by atoms with Crippen molar-refractivity contribution in [3.63, 3.8) is 0 Å². The minimum absolute atomic E-state index is 0.0332. The van der Waals surface area contributed by atoms with Crippen molar-refractivity contribution in [3.05, 3.63) is 12.2 Å². The second-order valence-electron chi connectivity index (χ2n) is 4.89. The molecule has 0 saturated carbocycles. The molecular weight excluding hydrogens is 206 g/mol. The fraction of sp³-hybridized carbons (Fsp3) is 0.818. The lowest BCUT2D eigenvalue weighted by atomic mass is 9.78. The molecule has 0 radical (unpaired) electrons. The molecule has 5 heteroatoms. The van der Waals surface area contributed by atoms with Gasteiger partial charge in [-0.3, -0.25) is 4.68 Å². The molecule has 0 aliphatic rings. The second kappa shape index (κ2) is 5.41. The molecule has 0 saturated heterocycles. The van der Waals surface area contributed by atoms with E-state index in [0.29, 0.717) is 12.3 Å². The van der Waals surface area contributed by atoms with Crippen molar-refractivity contribution in [1.82, 2.24) is 14.8 Å². The van der Waals surface area contributed by atoms with Crippen molar-refractivity contribution < 1.29 is 10.2 Å². The summed E-state index contributed by atoms with van der Waals surface area (Å²) in [7, 11) is 1.82. The zero-order valence-corrected chi connectivity index (χ0v) is 10.2. The largest absolute Gasteiger partial charge is 0.396 e. The van der Waals surface area contributed by atoms with Crippen molar-refractivity contribution in [2.24, 2.45) is 18.4 Å². The highest BCUT2D eigenvalue weighted by atomic mass is 16.3. The molecule has 92 valence electrons. The van der Waals surface area contributed by atoms with Crippen LogP contribution in [0.1, 0.15) is 26.1 Å². The molecule has 0 unspecified atom stereocenters. The van der Waals surface area contributed by atoms with Gasteiger partial charge in [-0.2, -0.15) is 5.10 Å². The average molecular weight is 227 g/mol. The maximum Gasteiger partial charge on any atom is 0.138 e. The van der Waals surface area contributed by atoms with Gasteiger partial charge in [0, 0.05) is 18.9 Å². The first-order valence-corrected chi connectivity index (χ1v) is 5.57. The molecular formula is C11H21N3O2. The van der Waals surface area contributed by atoms with Crippen LogP contribution in [0.2, 0.25) is 0 Å². The smallest absolute Gasteiger partial charge is 0.138 e. The van der Waals surface area contributed by atoms with Gasteiger partial charge in [0.1, 0.15) is 12.2 Å². The first-order valence-electron chi connectivity index (χ1n) is 5.57. The maximum absolute atomic E-state index is 9.50. The zero-order chi connectivity index (χ0) is 12.2. The average Bonchev–Trinajstić information content (AvgIpc) is 2.62. The highest BCUT2D eigenvalue weighted by molar-refractivity contribution is 4.94. The van der Waals surface area contributed by atoms with E-state index in [1.807, 2.05) is 7.05 Å². The Balaban J connectivity index is 2.82. The second-order valence-corrected chi connectivity index (χ2v) is 4.89. The molecule has 0 aliphatic carbocycles. The lowest BCUT2D eigenvalue weighted by Gasteiger charge is -2.31. The Morgan fingerprint density at radius 2 is 2.00 bits per heavy atom. The molecule has 5 nitrogen and oxygen atoms in total. The van der Waals surface area contributed by atoms with E-state index in [2.05, 4.69) is 23.9 Å². The van der Waals surface area contributed by atoms with E-state index < -0.39 is 5.41 Å². The van der Waals surface area contributed by atoms with Crippen LogP contribution in [0.5, 0.6) is 0 Å². The number of hydrogen-bond donors (Lipinski definition) is 2. The first kappa shape index (κ1) is 13.1. The van der Waals surface area contributed by atoms with Crippen molar-refractivity contribution in [2.75, 3.05) is 13.2 Å². The Morgan fingerprint density at radius 1 is 1.38 bits per heavy atom. The summed E-state index contributed by atoms with van der Waals surface area (Å²) in [6.07, 6.45) is 2.81. The molecule has 1 aromatic heterocycles. The molecule has 0 fully saturated rings. The molecule has 0 atom stereocenters. The van der Waals surface area contributed by atoms with Crippen molar-refractivity contribution in [1.29, 1.82) is 0 Å². The predicted molar refractivity (Wildman–Crippen MR) is 60.8 cm³/mol. The topological polar surface area (TPSA) is 71.2 Å². The zero-order valence-electron chi connectivity index (χ0n) is 10.2. The van der Waals surface area contributed by atoms with Gasteiger partial charge in [-0.25, -0.2) is 4.98 Å². The normalized spacial score (nSPS) is 12.4. The molecule has 0 bridgehead atoms. The predicted octanol–water partition coefficient (Wildman–Crippen LogP) is 0.375. The molecule has 1 aromatic rings. The van der Waals surface area contributed by atoms with Gasteiger partial charge < -0.3 is 10.2 Å². The summed E-state index contributed by atoms with van der Waals surface area (Å²) in [5, 5.41) is 23.0. The van der Waals surface area contributed by atoms with Crippen LogP contribution < -0.4 is 0 Å². The van der Waals surface area contributed by atoms with Gasteiger partial charge in [-0.1, -0.05) is 13.8 Å². The molecule has 16 heavy (non-hydrogen) atoms. The van der Waals surface area contributed by atoms with Crippen LogP contribution >= 0.6 is 0 Å². The summed E-state index contributed by atoms with van der Waals surface area (Å²) in [5.74, 6) is 1.22. The Hall–Kier alpha value is -0.940. The van der Waals surface area contributed by atoms with Crippen molar-refractivity contribution in [2.45, 2.75) is 26.7 Å². The summed E-state index contributed by atoms with van der Waals surface area (Å²) in [6.45, 7) is 4.09. The Kier molecular flexibility index (Phi) is 4.44. The van der Waals surface area contributed by atoms with E-state index in [9.17, 15) is 10.2 Å². The van der Waals surface area contributed by atoms with Gasteiger partial charge in [-0.15, -0.1) is 0 Å². The van der Waals surface area contributed by atoms with E-state index in [0.717, 1.165) is 12.2 Å². The number of aromatic nitrogens is 3. The quantitative estimate of drug-likeness (QED) is 0.737. The number of rotatable bonds is 6. The summed E-state index contributed by atoms with van der Waals surface area (Å²) >= 11 is 0. The minimum Gasteiger partial charge on any atom is -0.396 e. The van der Waals surface area contributed by atoms with Gasteiger partial charge in [-0.05, 0) is 12.3 Å². The molecule has 1 heterocycles. The number of aliphatic hydroxyl groups is 2. The third-order valence-corrected chi connectivity index (χ3v) is 2.85. The number of aryl methyl sites for hydroxylation is 1. The summed E-state index contributed by atoms with van der Waals surface area (Å²) < 4.78 is 1.68. The lowest BCUT2D eigenvalue weighted by molar-refractivity contribution is 0.0347. The Bertz CT molecular complexity index is 319. The van der Waals surface area contributed by atoms with Crippen molar-refractivity contribution >= 4 is 0 Å². The Labute approximate surface area is 96.1 Å². The van der Waals surface area contributed by atoms with Crippen LogP contribution in [-0.4, -0.2) is 38.2 Å². The third-order valence-electron chi connectivity index (χ3n) is 2.85. The lowest BCUT2D eigenvalue weighted by Crippen LogP contribution is -2.35. The highest BCUT2D eigenvalue weighted by Crippen LogP contribution is 2.29.